The molecule has 1 fully saturated rings. The summed E-state index contributed by atoms with van der Waals surface area (Å²) in [6.45, 7) is 6.36. The third-order valence-corrected chi connectivity index (χ3v) is 5.63. The SMILES string of the molecule is COC(=O)/C(C)=C\C1C(C(=O)OCc2cccc(OCc3ccccc3)c2)C1(C)C. The Morgan fingerprint density at radius 1 is 1.00 bits per heavy atom. The highest BCUT2D eigenvalue weighted by Crippen LogP contribution is 2.59. The number of hydrogen-bond acceptors (Lipinski definition) is 5. The van der Waals surface area contributed by atoms with Crippen LogP contribution in [0.15, 0.2) is 66.2 Å². The molecule has 0 amide bonds. The summed E-state index contributed by atoms with van der Waals surface area (Å²) in [6.07, 6.45) is 1.82. The average molecular weight is 408 g/mol. The summed E-state index contributed by atoms with van der Waals surface area (Å²) in [5.41, 5.74) is 2.22. The molecule has 2 atom stereocenters. The number of benzene rings is 2. The molecule has 0 spiro atoms. The van der Waals surface area contributed by atoms with Crippen molar-refractivity contribution in [2.45, 2.75) is 34.0 Å². The Morgan fingerprint density at radius 3 is 2.40 bits per heavy atom. The molecule has 0 aromatic heterocycles. The van der Waals surface area contributed by atoms with Gasteiger partial charge in [-0.25, -0.2) is 4.79 Å². The van der Waals surface area contributed by atoms with Crippen LogP contribution in [-0.4, -0.2) is 19.0 Å². The van der Waals surface area contributed by atoms with Crippen molar-refractivity contribution in [1.29, 1.82) is 0 Å². The minimum atomic E-state index is -0.378. The van der Waals surface area contributed by atoms with Crippen molar-refractivity contribution in [1.82, 2.24) is 0 Å². The Bertz CT molecular complexity index is 930. The van der Waals surface area contributed by atoms with Crippen LogP contribution < -0.4 is 4.74 Å². The number of carbonyl (C=O) groups excluding carboxylic acids is 2. The van der Waals surface area contributed by atoms with Gasteiger partial charge >= 0.3 is 11.9 Å². The molecule has 0 saturated heterocycles. The Morgan fingerprint density at radius 2 is 1.70 bits per heavy atom. The first-order valence-corrected chi connectivity index (χ1v) is 10.0. The number of rotatable bonds is 8. The lowest BCUT2D eigenvalue weighted by atomic mass is 10.1. The molecule has 0 bridgehead atoms. The largest absolute Gasteiger partial charge is 0.489 e. The van der Waals surface area contributed by atoms with Gasteiger partial charge in [-0.05, 0) is 41.5 Å². The van der Waals surface area contributed by atoms with Crippen LogP contribution in [0.4, 0.5) is 0 Å². The van der Waals surface area contributed by atoms with Crippen molar-refractivity contribution in [3.63, 3.8) is 0 Å². The zero-order chi connectivity index (χ0) is 21.7. The minimum Gasteiger partial charge on any atom is -0.489 e. The summed E-state index contributed by atoms with van der Waals surface area (Å²) >= 11 is 0. The topological polar surface area (TPSA) is 61.8 Å². The van der Waals surface area contributed by atoms with E-state index in [0.717, 1.165) is 16.9 Å². The van der Waals surface area contributed by atoms with Crippen LogP contribution in [0, 0.1) is 17.3 Å². The van der Waals surface area contributed by atoms with E-state index in [0.29, 0.717) is 12.2 Å². The Balaban J connectivity index is 1.55. The molecule has 30 heavy (non-hydrogen) atoms. The molecule has 2 unspecified atom stereocenters. The van der Waals surface area contributed by atoms with E-state index in [-0.39, 0.29) is 35.8 Å². The monoisotopic (exact) mass is 408 g/mol. The van der Waals surface area contributed by atoms with Crippen molar-refractivity contribution in [3.8, 4) is 5.75 Å². The van der Waals surface area contributed by atoms with Crippen LogP contribution in [0.3, 0.4) is 0 Å². The molecular formula is C25H28O5. The zero-order valence-electron chi connectivity index (χ0n) is 17.9. The highest BCUT2D eigenvalue weighted by atomic mass is 16.5. The zero-order valence-corrected chi connectivity index (χ0v) is 17.9. The first-order valence-electron chi connectivity index (χ1n) is 10.0. The van der Waals surface area contributed by atoms with Crippen LogP contribution in [-0.2, 0) is 32.3 Å². The molecule has 0 aliphatic heterocycles. The summed E-state index contributed by atoms with van der Waals surface area (Å²) in [6, 6.07) is 17.5. The molecule has 0 heterocycles. The van der Waals surface area contributed by atoms with Gasteiger partial charge in [0.15, 0.2) is 0 Å². The minimum absolute atomic E-state index is 0.0374. The van der Waals surface area contributed by atoms with Gasteiger partial charge in [-0.3, -0.25) is 4.79 Å². The second kappa shape index (κ2) is 9.16. The fourth-order valence-corrected chi connectivity index (χ4v) is 3.65. The molecule has 1 saturated carbocycles. The maximum atomic E-state index is 12.6. The van der Waals surface area contributed by atoms with Gasteiger partial charge in [0.2, 0.25) is 0 Å². The number of esters is 2. The predicted octanol–water partition coefficient (Wildman–Crippen LogP) is 4.70. The van der Waals surface area contributed by atoms with E-state index < -0.39 is 0 Å². The van der Waals surface area contributed by atoms with Crippen molar-refractivity contribution >= 4 is 11.9 Å². The predicted molar refractivity (Wildman–Crippen MR) is 114 cm³/mol. The molecule has 1 aliphatic rings. The molecule has 5 nitrogen and oxygen atoms in total. The third kappa shape index (κ3) is 5.09. The molecule has 2 aromatic rings. The normalized spacial score (nSPS) is 19.7. The Labute approximate surface area is 177 Å². The quantitative estimate of drug-likeness (QED) is 0.468. The number of carbonyl (C=O) groups is 2. The third-order valence-electron chi connectivity index (χ3n) is 5.63. The van der Waals surface area contributed by atoms with Gasteiger partial charge in [-0.2, -0.15) is 0 Å². The average Bonchev–Trinajstić information content (AvgIpc) is 3.30. The summed E-state index contributed by atoms with van der Waals surface area (Å²) < 4.78 is 16.1. The van der Waals surface area contributed by atoms with E-state index in [9.17, 15) is 9.59 Å². The lowest BCUT2D eigenvalue weighted by Crippen LogP contribution is -2.10. The smallest absolute Gasteiger partial charge is 0.333 e. The molecule has 3 rings (SSSR count). The fourth-order valence-electron chi connectivity index (χ4n) is 3.65. The Kier molecular flexibility index (Phi) is 6.60. The standard InChI is InChI=1S/C25H28O5/c1-17(23(26)28-4)13-21-22(25(21,2)3)24(27)30-16-19-11-8-12-20(14-19)29-15-18-9-6-5-7-10-18/h5-14,21-22H,15-16H2,1-4H3/b17-13-. The van der Waals surface area contributed by atoms with E-state index in [4.69, 9.17) is 14.2 Å². The van der Waals surface area contributed by atoms with E-state index >= 15 is 0 Å². The maximum Gasteiger partial charge on any atom is 0.333 e. The highest BCUT2D eigenvalue weighted by molar-refractivity contribution is 5.88. The van der Waals surface area contributed by atoms with E-state index in [1.165, 1.54) is 7.11 Å². The summed E-state index contributed by atoms with van der Waals surface area (Å²) in [5.74, 6) is -0.209. The molecule has 5 heteroatoms. The first kappa shape index (κ1) is 21.6. The van der Waals surface area contributed by atoms with E-state index in [1.807, 2.05) is 74.5 Å². The second-order valence-electron chi connectivity index (χ2n) is 8.20. The maximum absolute atomic E-state index is 12.6. The molecular weight excluding hydrogens is 380 g/mol. The van der Waals surface area contributed by atoms with Crippen LogP contribution in [0.1, 0.15) is 31.9 Å². The summed E-state index contributed by atoms with van der Waals surface area (Å²) in [5, 5.41) is 0. The van der Waals surface area contributed by atoms with Gasteiger partial charge < -0.3 is 14.2 Å². The van der Waals surface area contributed by atoms with Gasteiger partial charge in [0.05, 0.1) is 13.0 Å². The van der Waals surface area contributed by atoms with Crippen LogP contribution in [0.5, 0.6) is 5.75 Å². The van der Waals surface area contributed by atoms with Gasteiger partial charge in [0.25, 0.3) is 0 Å². The van der Waals surface area contributed by atoms with Gasteiger partial charge in [0, 0.05) is 5.57 Å². The number of hydrogen-bond donors (Lipinski definition) is 0. The van der Waals surface area contributed by atoms with Crippen molar-refractivity contribution in [3.05, 3.63) is 77.4 Å². The second-order valence-corrected chi connectivity index (χ2v) is 8.20. The number of ether oxygens (including phenoxy) is 3. The summed E-state index contributed by atoms with van der Waals surface area (Å²) in [7, 11) is 1.35. The fraction of sp³-hybridized carbons (Fsp3) is 0.360. The van der Waals surface area contributed by atoms with Gasteiger partial charge in [-0.15, -0.1) is 0 Å². The van der Waals surface area contributed by atoms with Crippen LogP contribution in [0.2, 0.25) is 0 Å². The molecule has 158 valence electrons. The van der Waals surface area contributed by atoms with E-state index in [1.54, 1.807) is 6.92 Å². The van der Waals surface area contributed by atoms with Gasteiger partial charge in [0.1, 0.15) is 19.0 Å². The molecule has 0 N–H and O–H groups in total. The van der Waals surface area contributed by atoms with Crippen molar-refractivity contribution in [2.24, 2.45) is 17.3 Å². The van der Waals surface area contributed by atoms with E-state index in [2.05, 4.69) is 0 Å². The molecule has 2 aromatic carbocycles. The number of allylic oxidation sites excluding steroid dienone is 1. The van der Waals surface area contributed by atoms with Crippen LogP contribution in [0.25, 0.3) is 0 Å². The Hall–Kier alpha value is -3.08. The lowest BCUT2D eigenvalue weighted by molar-refractivity contribution is -0.147. The first-order chi connectivity index (χ1) is 14.3. The molecule has 0 radical (unpaired) electrons. The van der Waals surface area contributed by atoms with Crippen molar-refractivity contribution < 1.29 is 23.8 Å². The van der Waals surface area contributed by atoms with Crippen LogP contribution >= 0.6 is 0 Å². The van der Waals surface area contributed by atoms with Crippen molar-refractivity contribution in [2.75, 3.05) is 7.11 Å². The molecule has 1 aliphatic carbocycles. The number of methoxy groups -OCH3 is 1. The highest BCUT2D eigenvalue weighted by Gasteiger charge is 2.61. The lowest BCUT2D eigenvalue weighted by Gasteiger charge is -2.09. The summed E-state index contributed by atoms with van der Waals surface area (Å²) in [4.78, 5) is 24.3. The van der Waals surface area contributed by atoms with Gasteiger partial charge in [-0.1, -0.05) is 62.4 Å².